The van der Waals surface area contributed by atoms with Gasteiger partial charge in [0.25, 0.3) is 5.91 Å². The maximum Gasteiger partial charge on any atom is 0.326 e. The zero-order chi connectivity index (χ0) is 16.2. The summed E-state index contributed by atoms with van der Waals surface area (Å²) in [7, 11) is 0. The number of benzene rings is 1. The molecule has 0 saturated carbocycles. The van der Waals surface area contributed by atoms with E-state index in [9.17, 15) is 18.4 Å². The fourth-order valence-electron chi connectivity index (χ4n) is 1.74. The zero-order valence-corrected chi connectivity index (χ0v) is 12.2. The first-order valence-electron chi connectivity index (χ1n) is 6.59. The molecule has 1 unspecified atom stereocenters. The molecule has 1 amide bonds. The molecule has 0 aliphatic rings. The van der Waals surface area contributed by atoms with Crippen molar-refractivity contribution in [2.45, 2.75) is 39.7 Å². The lowest BCUT2D eigenvalue weighted by Gasteiger charge is -2.21. The average molecular weight is 299 g/mol. The van der Waals surface area contributed by atoms with Gasteiger partial charge in [-0.1, -0.05) is 20.8 Å². The molecule has 0 aromatic heterocycles. The molecule has 0 bridgehead atoms. The molecule has 0 spiro atoms. The molecule has 2 N–H and O–H groups in total. The molecule has 1 aromatic carbocycles. The van der Waals surface area contributed by atoms with Gasteiger partial charge >= 0.3 is 5.97 Å². The molecule has 4 nitrogen and oxygen atoms in total. The number of amides is 1. The molecule has 6 heteroatoms. The van der Waals surface area contributed by atoms with Crippen LogP contribution in [0.4, 0.5) is 8.78 Å². The summed E-state index contributed by atoms with van der Waals surface area (Å²) in [4.78, 5) is 23.0. The van der Waals surface area contributed by atoms with E-state index in [1.165, 1.54) is 0 Å². The van der Waals surface area contributed by atoms with Gasteiger partial charge < -0.3 is 10.4 Å². The number of carboxylic acid groups (broad SMARTS) is 1. The van der Waals surface area contributed by atoms with Crippen molar-refractivity contribution in [3.8, 4) is 0 Å². The highest BCUT2D eigenvalue weighted by atomic mass is 19.1. The molecule has 1 atom stereocenters. The monoisotopic (exact) mass is 299 g/mol. The molecule has 0 aliphatic heterocycles. The molecule has 0 heterocycles. The Morgan fingerprint density at radius 2 is 1.90 bits per heavy atom. The van der Waals surface area contributed by atoms with Crippen LogP contribution < -0.4 is 5.32 Å². The number of carbonyl (C=O) groups excluding carboxylic acids is 1. The minimum absolute atomic E-state index is 0.0947. The van der Waals surface area contributed by atoms with Crippen LogP contribution in [0.15, 0.2) is 18.2 Å². The number of hydrogen-bond acceptors (Lipinski definition) is 2. The second-order valence-electron chi connectivity index (χ2n) is 6.09. The van der Waals surface area contributed by atoms with Crippen LogP contribution in [0, 0.1) is 17.0 Å². The third-order valence-electron chi connectivity index (χ3n) is 2.96. The van der Waals surface area contributed by atoms with E-state index in [4.69, 9.17) is 5.11 Å². The van der Waals surface area contributed by atoms with Gasteiger partial charge in [0.2, 0.25) is 0 Å². The number of hydrogen-bond donors (Lipinski definition) is 2. The summed E-state index contributed by atoms with van der Waals surface area (Å²) in [5, 5.41) is 11.3. The molecule has 0 radical (unpaired) electrons. The van der Waals surface area contributed by atoms with E-state index in [0.717, 1.165) is 18.2 Å². The van der Waals surface area contributed by atoms with Crippen LogP contribution in [0.2, 0.25) is 0 Å². The molecule has 116 valence electrons. The Hall–Kier alpha value is -1.98. The van der Waals surface area contributed by atoms with Crippen molar-refractivity contribution < 1.29 is 23.5 Å². The van der Waals surface area contributed by atoms with Gasteiger partial charge in [-0.2, -0.15) is 0 Å². The number of halogens is 2. The number of rotatable bonds is 5. The summed E-state index contributed by atoms with van der Waals surface area (Å²) < 4.78 is 26.5. The number of nitrogens with one attached hydrogen (secondary N) is 1. The van der Waals surface area contributed by atoms with Crippen molar-refractivity contribution in [2.24, 2.45) is 5.41 Å². The maximum absolute atomic E-state index is 13.5. The van der Waals surface area contributed by atoms with Crippen LogP contribution in [-0.4, -0.2) is 23.0 Å². The first-order valence-corrected chi connectivity index (χ1v) is 6.59. The third-order valence-corrected chi connectivity index (χ3v) is 2.96. The van der Waals surface area contributed by atoms with Gasteiger partial charge in [0, 0.05) is 0 Å². The van der Waals surface area contributed by atoms with Gasteiger partial charge in [0.15, 0.2) is 0 Å². The number of carboxylic acids is 1. The van der Waals surface area contributed by atoms with Crippen LogP contribution in [0.1, 0.15) is 44.0 Å². The van der Waals surface area contributed by atoms with Crippen LogP contribution in [0.25, 0.3) is 0 Å². The number of aliphatic carboxylic acids is 1. The largest absolute Gasteiger partial charge is 0.480 e. The maximum atomic E-state index is 13.5. The summed E-state index contributed by atoms with van der Waals surface area (Å²) >= 11 is 0. The van der Waals surface area contributed by atoms with E-state index in [1.54, 1.807) is 0 Å². The minimum Gasteiger partial charge on any atom is -0.480 e. The highest BCUT2D eigenvalue weighted by Gasteiger charge is 2.24. The summed E-state index contributed by atoms with van der Waals surface area (Å²) in [6, 6.07) is 1.32. The zero-order valence-electron chi connectivity index (χ0n) is 12.2. The Morgan fingerprint density at radius 3 is 2.43 bits per heavy atom. The summed E-state index contributed by atoms with van der Waals surface area (Å²) in [6.07, 6.45) is 0.775. The van der Waals surface area contributed by atoms with Crippen LogP contribution in [0.5, 0.6) is 0 Å². The fourth-order valence-corrected chi connectivity index (χ4v) is 1.74. The quantitative estimate of drug-likeness (QED) is 0.878. The average Bonchev–Trinajstić information content (AvgIpc) is 2.35. The van der Waals surface area contributed by atoms with Gasteiger partial charge in [0.05, 0.1) is 5.56 Å². The molecule has 0 saturated heterocycles. The Morgan fingerprint density at radius 1 is 1.29 bits per heavy atom. The van der Waals surface area contributed by atoms with Crippen molar-refractivity contribution in [1.29, 1.82) is 0 Å². The molecule has 0 aliphatic carbocycles. The first-order chi connectivity index (χ1) is 9.60. The summed E-state index contributed by atoms with van der Waals surface area (Å²) in [5.74, 6) is -3.80. The minimum atomic E-state index is -1.20. The molecule has 21 heavy (non-hydrogen) atoms. The van der Waals surface area contributed by atoms with Gasteiger partial charge in [-0.05, 0) is 36.5 Å². The highest BCUT2D eigenvalue weighted by Crippen LogP contribution is 2.22. The Kier molecular flexibility index (Phi) is 5.41. The van der Waals surface area contributed by atoms with E-state index in [-0.39, 0.29) is 11.8 Å². The van der Waals surface area contributed by atoms with E-state index < -0.39 is 35.1 Å². The fraction of sp³-hybridized carbons (Fsp3) is 0.467. The van der Waals surface area contributed by atoms with Gasteiger partial charge in [-0.25, -0.2) is 13.6 Å². The highest BCUT2D eigenvalue weighted by molar-refractivity contribution is 5.96. The smallest absolute Gasteiger partial charge is 0.326 e. The van der Waals surface area contributed by atoms with Gasteiger partial charge in [-0.15, -0.1) is 0 Å². The SMILES string of the molecule is CC(C)(C)CCC(NC(=O)c1cc(F)ccc1F)C(=O)O. The lowest BCUT2D eigenvalue weighted by Crippen LogP contribution is -2.41. The molecule has 0 fully saturated rings. The number of carbonyl (C=O) groups is 2. The first kappa shape index (κ1) is 17.1. The lowest BCUT2D eigenvalue weighted by molar-refractivity contribution is -0.139. The molecule has 1 rings (SSSR count). The normalized spacial score (nSPS) is 12.8. The van der Waals surface area contributed by atoms with E-state index in [0.29, 0.717) is 6.42 Å². The van der Waals surface area contributed by atoms with Crippen molar-refractivity contribution >= 4 is 11.9 Å². The second-order valence-corrected chi connectivity index (χ2v) is 6.09. The summed E-state index contributed by atoms with van der Waals surface area (Å²) in [5.41, 5.74) is -0.597. The predicted octanol–water partition coefficient (Wildman–Crippen LogP) is 2.97. The van der Waals surface area contributed by atoms with E-state index in [2.05, 4.69) is 5.32 Å². The lowest BCUT2D eigenvalue weighted by atomic mass is 9.88. The Balaban J connectivity index is 2.81. The van der Waals surface area contributed by atoms with Crippen molar-refractivity contribution in [3.63, 3.8) is 0 Å². The van der Waals surface area contributed by atoms with Crippen LogP contribution in [0.3, 0.4) is 0 Å². The van der Waals surface area contributed by atoms with Crippen LogP contribution in [-0.2, 0) is 4.79 Å². The molecular weight excluding hydrogens is 280 g/mol. The van der Waals surface area contributed by atoms with Crippen LogP contribution >= 0.6 is 0 Å². The topological polar surface area (TPSA) is 66.4 Å². The molecular formula is C15H19F2NO3. The predicted molar refractivity (Wildman–Crippen MR) is 73.9 cm³/mol. The van der Waals surface area contributed by atoms with E-state index in [1.807, 2.05) is 20.8 Å². The summed E-state index contributed by atoms with van der Waals surface area (Å²) in [6.45, 7) is 5.83. The van der Waals surface area contributed by atoms with Gasteiger partial charge in [-0.3, -0.25) is 4.79 Å². The van der Waals surface area contributed by atoms with Crippen molar-refractivity contribution in [2.75, 3.05) is 0 Å². The standard InChI is InChI=1S/C15H19F2NO3/c1-15(2,3)7-6-12(14(20)21)18-13(19)10-8-9(16)4-5-11(10)17/h4-5,8,12H,6-7H2,1-3H3,(H,18,19)(H,20,21). The van der Waals surface area contributed by atoms with Crippen molar-refractivity contribution in [3.05, 3.63) is 35.4 Å². The third kappa shape index (κ3) is 5.49. The second kappa shape index (κ2) is 6.65. The van der Waals surface area contributed by atoms with Gasteiger partial charge in [0.1, 0.15) is 17.7 Å². The van der Waals surface area contributed by atoms with E-state index >= 15 is 0 Å². The molecule has 1 aromatic rings. The Labute approximate surface area is 122 Å². The Bertz CT molecular complexity index is 538. The van der Waals surface area contributed by atoms with Crippen molar-refractivity contribution in [1.82, 2.24) is 5.32 Å².